The Bertz CT molecular complexity index is 557. The Hall–Kier alpha value is -1.88. The van der Waals surface area contributed by atoms with Gasteiger partial charge in [0.15, 0.2) is 0 Å². The number of hydroxylamine groups is 2. The van der Waals surface area contributed by atoms with Gasteiger partial charge in [-0.25, -0.2) is 4.79 Å². The van der Waals surface area contributed by atoms with Crippen molar-refractivity contribution in [3.63, 3.8) is 0 Å². The highest BCUT2D eigenvalue weighted by molar-refractivity contribution is 5.75. The SMILES string of the molecule is CC(C)(C)C(=O)ON1CCC(CCC(=O)OCc2ccccc2)CC1. The highest BCUT2D eigenvalue weighted by Gasteiger charge is 2.28. The molecule has 1 heterocycles. The van der Waals surface area contributed by atoms with Crippen molar-refractivity contribution in [1.29, 1.82) is 0 Å². The molecule has 1 fully saturated rings. The molecular formula is C20H29NO4. The van der Waals surface area contributed by atoms with E-state index >= 15 is 0 Å². The second-order valence-electron chi connectivity index (χ2n) is 7.69. The van der Waals surface area contributed by atoms with Crippen LogP contribution in [0.3, 0.4) is 0 Å². The lowest BCUT2D eigenvalue weighted by atomic mass is 9.93. The van der Waals surface area contributed by atoms with E-state index in [-0.39, 0.29) is 11.9 Å². The van der Waals surface area contributed by atoms with Crippen LogP contribution >= 0.6 is 0 Å². The second-order valence-corrected chi connectivity index (χ2v) is 7.69. The van der Waals surface area contributed by atoms with E-state index in [1.807, 2.05) is 51.1 Å². The van der Waals surface area contributed by atoms with Gasteiger partial charge in [-0.1, -0.05) is 30.3 Å². The Morgan fingerprint density at radius 2 is 1.76 bits per heavy atom. The standard InChI is InChI=1S/C20H29NO4/c1-20(2,3)19(23)25-21-13-11-16(12-14-21)9-10-18(22)24-15-17-7-5-4-6-8-17/h4-8,16H,9-15H2,1-3H3. The minimum absolute atomic E-state index is 0.148. The third kappa shape index (κ3) is 6.86. The summed E-state index contributed by atoms with van der Waals surface area (Å²) in [6, 6.07) is 9.70. The van der Waals surface area contributed by atoms with Crippen molar-refractivity contribution >= 4 is 11.9 Å². The summed E-state index contributed by atoms with van der Waals surface area (Å²) < 4.78 is 5.31. The molecule has 0 aliphatic carbocycles. The highest BCUT2D eigenvalue weighted by atomic mass is 16.7. The van der Waals surface area contributed by atoms with Crippen LogP contribution in [0.4, 0.5) is 0 Å². The van der Waals surface area contributed by atoms with E-state index in [1.54, 1.807) is 5.06 Å². The van der Waals surface area contributed by atoms with Gasteiger partial charge in [-0.05, 0) is 51.5 Å². The Labute approximate surface area is 150 Å². The number of rotatable bonds is 6. The van der Waals surface area contributed by atoms with E-state index in [4.69, 9.17) is 9.57 Å². The summed E-state index contributed by atoms with van der Waals surface area (Å²) in [6.45, 7) is 7.34. The predicted octanol–water partition coefficient (Wildman–Crippen LogP) is 3.73. The first kappa shape index (κ1) is 19.4. The van der Waals surface area contributed by atoms with E-state index in [0.717, 1.165) is 37.9 Å². The van der Waals surface area contributed by atoms with Crippen molar-refractivity contribution in [2.75, 3.05) is 13.1 Å². The number of hydrogen-bond donors (Lipinski definition) is 0. The average molecular weight is 347 g/mol. The van der Waals surface area contributed by atoms with Gasteiger partial charge in [0.2, 0.25) is 0 Å². The molecule has 0 N–H and O–H groups in total. The summed E-state index contributed by atoms with van der Waals surface area (Å²) in [5, 5.41) is 1.75. The molecule has 0 radical (unpaired) electrons. The molecule has 0 saturated carbocycles. The van der Waals surface area contributed by atoms with Crippen molar-refractivity contribution in [2.45, 2.75) is 53.1 Å². The van der Waals surface area contributed by atoms with Gasteiger partial charge in [-0.2, -0.15) is 0 Å². The number of carbonyl (C=O) groups excluding carboxylic acids is 2. The normalized spacial score (nSPS) is 16.4. The van der Waals surface area contributed by atoms with Crippen LogP contribution < -0.4 is 0 Å². The summed E-state index contributed by atoms with van der Waals surface area (Å²) in [5.41, 5.74) is 0.518. The van der Waals surface area contributed by atoms with Gasteiger partial charge < -0.3 is 9.57 Å². The lowest BCUT2D eigenvalue weighted by Gasteiger charge is -2.32. The van der Waals surface area contributed by atoms with E-state index < -0.39 is 5.41 Å². The summed E-state index contributed by atoms with van der Waals surface area (Å²) in [6.07, 6.45) is 3.14. The van der Waals surface area contributed by atoms with E-state index in [1.165, 1.54) is 0 Å². The summed E-state index contributed by atoms with van der Waals surface area (Å²) in [7, 11) is 0. The summed E-state index contributed by atoms with van der Waals surface area (Å²) in [4.78, 5) is 29.2. The van der Waals surface area contributed by atoms with Gasteiger partial charge >= 0.3 is 11.9 Å². The average Bonchev–Trinajstić information content (AvgIpc) is 2.59. The van der Waals surface area contributed by atoms with Crippen LogP contribution in [0.15, 0.2) is 30.3 Å². The molecule has 5 nitrogen and oxygen atoms in total. The number of ether oxygens (including phenoxy) is 1. The monoisotopic (exact) mass is 347 g/mol. The van der Waals surface area contributed by atoms with Crippen LogP contribution in [-0.2, 0) is 25.8 Å². The third-order valence-electron chi connectivity index (χ3n) is 4.40. The fourth-order valence-corrected chi connectivity index (χ4v) is 2.68. The number of esters is 1. The number of carbonyl (C=O) groups is 2. The zero-order chi connectivity index (χ0) is 18.3. The predicted molar refractivity (Wildman–Crippen MR) is 95.3 cm³/mol. The maximum atomic E-state index is 11.9. The first-order valence-corrected chi connectivity index (χ1v) is 9.01. The van der Waals surface area contributed by atoms with Crippen LogP contribution in [0.5, 0.6) is 0 Å². The molecule has 0 amide bonds. The fraction of sp³-hybridized carbons (Fsp3) is 0.600. The minimum atomic E-state index is -0.487. The smallest absolute Gasteiger partial charge is 0.330 e. The van der Waals surface area contributed by atoms with Crippen molar-refractivity contribution in [1.82, 2.24) is 5.06 Å². The van der Waals surface area contributed by atoms with Crippen molar-refractivity contribution < 1.29 is 19.2 Å². The molecule has 0 aromatic heterocycles. The van der Waals surface area contributed by atoms with E-state index in [2.05, 4.69) is 0 Å². The Kier molecular flexibility index (Phi) is 7.00. The van der Waals surface area contributed by atoms with Gasteiger partial charge in [-0.3, -0.25) is 4.79 Å². The molecule has 0 unspecified atom stereocenters. The van der Waals surface area contributed by atoms with Crippen molar-refractivity contribution in [3.05, 3.63) is 35.9 Å². The Morgan fingerprint density at radius 1 is 1.12 bits per heavy atom. The molecule has 2 rings (SSSR count). The summed E-state index contributed by atoms with van der Waals surface area (Å²) in [5.74, 6) is 0.134. The van der Waals surface area contributed by atoms with Crippen molar-refractivity contribution in [2.24, 2.45) is 11.3 Å². The van der Waals surface area contributed by atoms with Crippen LogP contribution in [0.25, 0.3) is 0 Å². The molecule has 5 heteroatoms. The first-order valence-electron chi connectivity index (χ1n) is 9.01. The van der Waals surface area contributed by atoms with Gasteiger partial charge in [0.05, 0.1) is 5.41 Å². The summed E-state index contributed by atoms with van der Waals surface area (Å²) >= 11 is 0. The topological polar surface area (TPSA) is 55.8 Å². The van der Waals surface area contributed by atoms with E-state index in [9.17, 15) is 9.59 Å². The molecule has 0 spiro atoms. The Morgan fingerprint density at radius 3 is 2.36 bits per heavy atom. The molecule has 25 heavy (non-hydrogen) atoms. The number of nitrogens with zero attached hydrogens (tertiary/aromatic N) is 1. The minimum Gasteiger partial charge on any atom is -0.461 e. The first-order chi connectivity index (χ1) is 11.8. The van der Waals surface area contributed by atoms with Crippen LogP contribution in [0.1, 0.15) is 52.0 Å². The number of piperidine rings is 1. The largest absolute Gasteiger partial charge is 0.461 e. The number of hydrogen-bond acceptors (Lipinski definition) is 5. The van der Waals surface area contributed by atoms with E-state index in [0.29, 0.717) is 18.9 Å². The van der Waals surface area contributed by atoms with Crippen LogP contribution in [-0.4, -0.2) is 30.1 Å². The quantitative estimate of drug-likeness (QED) is 0.734. The molecular weight excluding hydrogens is 318 g/mol. The maximum absolute atomic E-state index is 11.9. The molecule has 0 atom stereocenters. The second kappa shape index (κ2) is 8.99. The maximum Gasteiger partial charge on any atom is 0.330 e. The number of benzene rings is 1. The molecule has 1 aromatic carbocycles. The fourth-order valence-electron chi connectivity index (χ4n) is 2.68. The molecule has 138 valence electrons. The molecule has 1 aliphatic heterocycles. The van der Waals surface area contributed by atoms with Crippen molar-refractivity contribution in [3.8, 4) is 0 Å². The zero-order valence-corrected chi connectivity index (χ0v) is 15.5. The van der Waals surface area contributed by atoms with Crippen LogP contribution in [0.2, 0.25) is 0 Å². The molecule has 1 aromatic rings. The molecule has 1 aliphatic rings. The molecule has 0 bridgehead atoms. The van der Waals surface area contributed by atoms with Gasteiger partial charge in [-0.15, -0.1) is 5.06 Å². The highest BCUT2D eigenvalue weighted by Crippen LogP contribution is 2.24. The lowest BCUT2D eigenvalue weighted by molar-refractivity contribution is -0.206. The molecule has 1 saturated heterocycles. The van der Waals surface area contributed by atoms with Gasteiger partial charge in [0.25, 0.3) is 0 Å². The lowest BCUT2D eigenvalue weighted by Crippen LogP contribution is -2.38. The zero-order valence-electron chi connectivity index (χ0n) is 15.5. The van der Waals surface area contributed by atoms with Gasteiger partial charge in [0, 0.05) is 19.5 Å². The third-order valence-corrected chi connectivity index (χ3v) is 4.40. The van der Waals surface area contributed by atoms with Gasteiger partial charge in [0.1, 0.15) is 6.61 Å². The Balaban J connectivity index is 1.62. The van der Waals surface area contributed by atoms with Crippen LogP contribution in [0, 0.1) is 11.3 Å².